The van der Waals surface area contributed by atoms with E-state index in [0.29, 0.717) is 11.3 Å². The topological polar surface area (TPSA) is 84.7 Å². The second kappa shape index (κ2) is 7.40. The van der Waals surface area contributed by atoms with Crippen LogP contribution >= 0.6 is 11.6 Å². The first-order valence-electron chi connectivity index (χ1n) is 7.99. The molecule has 0 saturated carbocycles. The Bertz CT molecular complexity index is 923. The van der Waals surface area contributed by atoms with Crippen molar-refractivity contribution in [2.45, 2.75) is 19.1 Å². The smallest absolute Gasteiger partial charge is 0.312 e. The molecule has 3 amide bonds. The van der Waals surface area contributed by atoms with E-state index in [2.05, 4.69) is 5.32 Å². The Balaban J connectivity index is 2.09. The number of urea groups is 1. The number of carbonyl (C=O) groups excluding carboxylic acids is 2. The highest BCUT2D eigenvalue weighted by Gasteiger charge is 2.34. The zero-order chi connectivity index (χ0) is 19.7. The van der Waals surface area contributed by atoms with Gasteiger partial charge in [0.2, 0.25) is 5.91 Å². The molecule has 0 radical (unpaired) electrons. The van der Waals surface area contributed by atoms with Gasteiger partial charge in [0.25, 0.3) is 0 Å². The van der Waals surface area contributed by atoms with E-state index in [1.54, 1.807) is 6.07 Å². The average molecular weight is 396 g/mol. The molecule has 0 aliphatic carbocycles. The molecule has 0 bridgehead atoms. The van der Waals surface area contributed by atoms with Gasteiger partial charge in [-0.05, 0) is 17.7 Å². The average Bonchev–Trinajstić information content (AvgIpc) is 2.62. The first-order valence-corrected chi connectivity index (χ1v) is 8.36. The lowest BCUT2D eigenvalue weighted by atomic mass is 9.95. The third-order valence-electron chi connectivity index (χ3n) is 4.25. The van der Waals surface area contributed by atoms with Crippen LogP contribution < -0.4 is 20.7 Å². The number of anilines is 1. The van der Waals surface area contributed by atoms with Crippen LogP contribution in [0.15, 0.2) is 30.3 Å². The number of amides is 3. The predicted octanol–water partition coefficient (Wildman–Crippen LogP) is 3.30. The second-order valence-corrected chi connectivity index (χ2v) is 6.44. The lowest BCUT2D eigenvalue weighted by molar-refractivity contribution is -0.120. The molecule has 1 atom stereocenters. The van der Waals surface area contributed by atoms with Crippen molar-refractivity contribution in [3.63, 3.8) is 0 Å². The van der Waals surface area contributed by atoms with Gasteiger partial charge in [-0.2, -0.15) is 0 Å². The van der Waals surface area contributed by atoms with E-state index < -0.39 is 30.5 Å². The number of nitrogens with zero attached hydrogens (tertiary/aromatic N) is 1. The summed E-state index contributed by atoms with van der Waals surface area (Å²) in [4.78, 5) is 24.9. The lowest BCUT2D eigenvalue weighted by Crippen LogP contribution is -2.53. The molecule has 9 heteroatoms. The molecule has 1 heterocycles. The molecule has 3 N–H and O–H groups in total. The summed E-state index contributed by atoms with van der Waals surface area (Å²) < 4.78 is 32.8. The van der Waals surface area contributed by atoms with Crippen molar-refractivity contribution in [1.29, 1.82) is 0 Å². The molecular formula is C18H16ClF2N3O3. The number of nitrogens with one attached hydrogen (secondary N) is 1. The molecule has 1 aliphatic rings. The van der Waals surface area contributed by atoms with Crippen LogP contribution in [-0.2, 0) is 17.9 Å². The summed E-state index contributed by atoms with van der Waals surface area (Å²) in [5.74, 6) is -0.947. The van der Waals surface area contributed by atoms with Gasteiger partial charge in [0.05, 0.1) is 10.7 Å². The maximum absolute atomic E-state index is 13.6. The fraction of sp³-hybridized carbons (Fsp3) is 0.222. The van der Waals surface area contributed by atoms with E-state index in [4.69, 9.17) is 22.1 Å². The minimum atomic E-state index is -0.861. The summed E-state index contributed by atoms with van der Waals surface area (Å²) in [7, 11) is 1.47. The van der Waals surface area contributed by atoms with E-state index in [1.165, 1.54) is 30.1 Å². The largest absolute Gasteiger partial charge is 0.453 e. The van der Waals surface area contributed by atoms with Crippen LogP contribution in [0.5, 0.6) is 11.5 Å². The molecule has 0 aromatic heterocycles. The van der Waals surface area contributed by atoms with Gasteiger partial charge in [0.1, 0.15) is 24.3 Å². The second-order valence-electron chi connectivity index (χ2n) is 6.03. The Morgan fingerprint density at radius 1 is 1.41 bits per heavy atom. The van der Waals surface area contributed by atoms with Crippen LogP contribution in [0.25, 0.3) is 0 Å². The van der Waals surface area contributed by atoms with Crippen LogP contribution in [0, 0.1) is 5.82 Å². The fourth-order valence-electron chi connectivity index (χ4n) is 3.01. The monoisotopic (exact) mass is 395 g/mol. The van der Waals surface area contributed by atoms with Gasteiger partial charge in [-0.1, -0.05) is 23.7 Å². The maximum atomic E-state index is 13.6. The van der Waals surface area contributed by atoms with Crippen LogP contribution in [0.2, 0.25) is 5.02 Å². The Morgan fingerprint density at radius 2 is 2.15 bits per heavy atom. The number of hydrogen-bond donors (Lipinski definition) is 2. The van der Waals surface area contributed by atoms with E-state index in [9.17, 15) is 18.4 Å². The van der Waals surface area contributed by atoms with Gasteiger partial charge < -0.3 is 20.7 Å². The standard InChI is InChI=1S/C18H16ClF2N3O3/c1-24-15-9(6-13(17(24)25)23-18(22)26)2-3-10(8-20)16(15)27-14-7-11(21)4-5-12(14)19/h2-5,7,13H,6,8H2,1H3,(H3,22,23,26)/t13-/m1/s1. The van der Waals surface area contributed by atoms with Gasteiger partial charge >= 0.3 is 6.03 Å². The molecule has 3 rings (SSSR count). The number of rotatable bonds is 4. The van der Waals surface area contributed by atoms with Crippen molar-refractivity contribution in [3.8, 4) is 11.5 Å². The van der Waals surface area contributed by atoms with Gasteiger partial charge in [-0.25, -0.2) is 13.6 Å². The Morgan fingerprint density at radius 3 is 2.81 bits per heavy atom. The van der Waals surface area contributed by atoms with E-state index in [-0.39, 0.29) is 28.5 Å². The summed E-state index contributed by atoms with van der Waals surface area (Å²) in [6, 6.07) is 5.04. The molecule has 27 heavy (non-hydrogen) atoms. The molecule has 6 nitrogen and oxygen atoms in total. The number of carbonyl (C=O) groups is 2. The molecule has 1 aliphatic heterocycles. The minimum absolute atomic E-state index is 0.00185. The van der Waals surface area contributed by atoms with Crippen LogP contribution in [0.3, 0.4) is 0 Å². The molecule has 0 unspecified atom stereocenters. The SMILES string of the molecule is CN1C(=O)[C@H](NC(N)=O)Cc2ccc(CF)c(Oc3cc(F)ccc3Cl)c21. The van der Waals surface area contributed by atoms with Crippen LogP contribution in [-0.4, -0.2) is 25.0 Å². The van der Waals surface area contributed by atoms with Crippen molar-refractivity contribution in [2.75, 3.05) is 11.9 Å². The quantitative estimate of drug-likeness (QED) is 0.833. The van der Waals surface area contributed by atoms with Gasteiger partial charge in [-0.15, -0.1) is 0 Å². The number of halogens is 3. The molecule has 0 saturated heterocycles. The maximum Gasteiger partial charge on any atom is 0.312 e. The summed E-state index contributed by atoms with van der Waals surface area (Å²) in [6.07, 6.45) is 0.154. The van der Waals surface area contributed by atoms with Crippen molar-refractivity contribution in [1.82, 2.24) is 5.32 Å². The number of likely N-dealkylation sites (N-methyl/N-ethyl adjacent to an activating group) is 1. The van der Waals surface area contributed by atoms with Gasteiger partial charge in [0.15, 0.2) is 5.75 Å². The minimum Gasteiger partial charge on any atom is -0.453 e. The highest BCUT2D eigenvalue weighted by Crippen LogP contribution is 2.43. The van der Waals surface area contributed by atoms with Gasteiger partial charge in [0, 0.05) is 25.1 Å². The predicted molar refractivity (Wildman–Crippen MR) is 96.4 cm³/mol. The number of fused-ring (bicyclic) bond motifs is 1. The third-order valence-corrected chi connectivity index (χ3v) is 4.56. The summed E-state index contributed by atoms with van der Waals surface area (Å²) >= 11 is 6.04. The third kappa shape index (κ3) is 3.66. The van der Waals surface area contributed by atoms with Crippen molar-refractivity contribution < 1.29 is 23.1 Å². The molecule has 0 fully saturated rings. The van der Waals surface area contributed by atoms with Crippen molar-refractivity contribution in [3.05, 3.63) is 52.3 Å². The Hall–Kier alpha value is -2.87. The summed E-state index contributed by atoms with van der Waals surface area (Å²) in [5.41, 5.74) is 6.26. The molecular weight excluding hydrogens is 380 g/mol. The Labute approximate surface area is 158 Å². The molecule has 0 spiro atoms. The van der Waals surface area contributed by atoms with Crippen LogP contribution in [0.4, 0.5) is 19.3 Å². The highest BCUT2D eigenvalue weighted by molar-refractivity contribution is 6.32. The number of alkyl halides is 1. The van der Waals surface area contributed by atoms with Crippen molar-refractivity contribution in [2.24, 2.45) is 5.73 Å². The number of benzene rings is 2. The number of hydrogen-bond acceptors (Lipinski definition) is 3. The fourth-order valence-corrected chi connectivity index (χ4v) is 3.16. The Kier molecular flexibility index (Phi) is 5.18. The summed E-state index contributed by atoms with van der Waals surface area (Å²) in [5, 5.41) is 2.52. The van der Waals surface area contributed by atoms with E-state index in [0.717, 1.165) is 6.07 Å². The van der Waals surface area contributed by atoms with Crippen LogP contribution in [0.1, 0.15) is 11.1 Å². The number of nitrogens with two attached hydrogens (primary N) is 1. The normalized spacial score (nSPS) is 16.1. The van der Waals surface area contributed by atoms with Crippen molar-refractivity contribution >= 4 is 29.2 Å². The van der Waals surface area contributed by atoms with Gasteiger partial charge in [-0.3, -0.25) is 4.79 Å². The first kappa shape index (κ1) is 18.9. The molecule has 2 aromatic carbocycles. The van der Waals surface area contributed by atoms with E-state index in [1.807, 2.05) is 0 Å². The molecule has 142 valence electrons. The zero-order valence-electron chi connectivity index (χ0n) is 14.3. The number of ether oxygens (including phenoxy) is 1. The first-order chi connectivity index (χ1) is 12.8. The highest BCUT2D eigenvalue weighted by atomic mass is 35.5. The van der Waals surface area contributed by atoms with E-state index >= 15 is 0 Å². The molecule has 2 aromatic rings. The number of primary amides is 1. The lowest BCUT2D eigenvalue weighted by Gasteiger charge is -2.33. The summed E-state index contributed by atoms with van der Waals surface area (Å²) in [6.45, 7) is -0.861. The zero-order valence-corrected chi connectivity index (χ0v) is 15.0.